The van der Waals surface area contributed by atoms with Gasteiger partial charge in [0.15, 0.2) is 0 Å². The Bertz CT molecular complexity index is 1980. The number of nitrogens with zero attached hydrogens (tertiary/aromatic N) is 4. The number of esters is 1. The summed E-state index contributed by atoms with van der Waals surface area (Å²) in [7, 11) is 6.59. The van der Waals surface area contributed by atoms with E-state index in [9.17, 15) is 15.0 Å². The number of benzene rings is 2. The van der Waals surface area contributed by atoms with Gasteiger partial charge in [0.2, 0.25) is 11.8 Å². The minimum absolute atomic E-state index is 0.00614. The van der Waals surface area contributed by atoms with E-state index < -0.39 is 29.1 Å². The summed E-state index contributed by atoms with van der Waals surface area (Å²) in [5.41, 5.74) is 1.31. The second-order valence-electron chi connectivity index (χ2n) is 11.8. The molecule has 1 atom stereocenters. The van der Waals surface area contributed by atoms with Crippen molar-refractivity contribution < 1.29 is 23.4 Å². The zero-order valence-electron chi connectivity index (χ0n) is 29.3. The Labute approximate surface area is 305 Å². The van der Waals surface area contributed by atoms with Gasteiger partial charge >= 0.3 is 5.97 Å². The summed E-state index contributed by atoms with van der Waals surface area (Å²) in [4.78, 5) is 37.1. The van der Waals surface area contributed by atoms with Gasteiger partial charge in [-0.1, -0.05) is 55.2 Å². The summed E-state index contributed by atoms with van der Waals surface area (Å²) in [6.45, 7) is 5.51. The number of carbonyl (C=O) groups is 1. The Hall–Kier alpha value is -5.14. The molecule has 0 saturated heterocycles. The smallest absolute Gasteiger partial charge is 0.356 e. The van der Waals surface area contributed by atoms with Crippen molar-refractivity contribution in [1.82, 2.24) is 14.5 Å². The largest absolute Gasteiger partial charge is 0.497 e. The average Bonchev–Trinajstić information content (AvgIpc) is 3.10. The van der Waals surface area contributed by atoms with Crippen molar-refractivity contribution >= 4 is 52.2 Å². The van der Waals surface area contributed by atoms with Crippen molar-refractivity contribution in [2.75, 3.05) is 50.5 Å². The van der Waals surface area contributed by atoms with Crippen LogP contribution in [0.4, 0.5) is 21.7 Å². The quantitative estimate of drug-likeness (QED) is 0.0864. The maximum atomic E-state index is 15.2. The highest BCUT2D eigenvalue weighted by atomic mass is 35.5. The van der Waals surface area contributed by atoms with Gasteiger partial charge in [0.25, 0.3) is 5.56 Å². The molecular formula is C36H40Cl2FN7O5. The molecule has 51 heavy (non-hydrogen) atoms. The molecule has 2 heterocycles. The number of pyridine rings is 1. The average molecular weight is 741 g/mol. The lowest BCUT2D eigenvalue weighted by Crippen LogP contribution is -2.30. The van der Waals surface area contributed by atoms with E-state index in [-0.39, 0.29) is 40.6 Å². The number of halogens is 3. The van der Waals surface area contributed by atoms with Crippen LogP contribution in [0.2, 0.25) is 10.0 Å². The maximum absolute atomic E-state index is 15.2. The summed E-state index contributed by atoms with van der Waals surface area (Å²) in [6, 6.07) is 11.7. The van der Waals surface area contributed by atoms with Crippen LogP contribution in [-0.4, -0.2) is 61.1 Å². The third kappa shape index (κ3) is 9.35. The molecule has 0 saturated carbocycles. The number of carbonyl (C=O) groups excluding carboxylic acids is 1. The van der Waals surface area contributed by atoms with Crippen LogP contribution in [0, 0.1) is 17.1 Å². The van der Waals surface area contributed by atoms with Crippen LogP contribution in [0.15, 0.2) is 77.0 Å². The number of nitrogens with one attached hydrogen (secondary N) is 3. The first-order valence-corrected chi connectivity index (χ1v) is 16.6. The van der Waals surface area contributed by atoms with E-state index in [0.717, 1.165) is 5.56 Å². The SMILES string of the molecule is CCOC(=O)C(=N)/C(=C(\Nc1cnc(N(C)C)nc1OC)C(C)C)C(Nc1cc(Cl)c(=O)n(Cc2ccc(OC)cc2)c1)c1ccc(Cl)c(F)c1. The molecule has 0 spiro atoms. The van der Waals surface area contributed by atoms with E-state index in [1.54, 1.807) is 57.4 Å². The molecule has 1 unspecified atom stereocenters. The molecule has 0 aliphatic carbocycles. The third-order valence-electron chi connectivity index (χ3n) is 7.65. The minimum atomic E-state index is -1.10. The first-order valence-electron chi connectivity index (χ1n) is 15.9. The Morgan fingerprint density at radius 2 is 1.76 bits per heavy atom. The Kier molecular flexibility index (Phi) is 13.0. The molecule has 2 aromatic heterocycles. The van der Waals surface area contributed by atoms with E-state index >= 15 is 4.39 Å². The third-order valence-corrected chi connectivity index (χ3v) is 8.23. The summed E-state index contributed by atoms with van der Waals surface area (Å²) in [5.74, 6) is -0.755. The highest BCUT2D eigenvalue weighted by Crippen LogP contribution is 2.36. The van der Waals surface area contributed by atoms with Gasteiger partial charge in [-0.15, -0.1) is 0 Å². The maximum Gasteiger partial charge on any atom is 0.356 e. The van der Waals surface area contributed by atoms with E-state index in [0.29, 0.717) is 34.3 Å². The Morgan fingerprint density at radius 3 is 2.35 bits per heavy atom. The fraction of sp³-hybridized carbons (Fsp3) is 0.306. The van der Waals surface area contributed by atoms with Crippen LogP contribution >= 0.6 is 23.2 Å². The van der Waals surface area contributed by atoms with Crippen LogP contribution in [0.3, 0.4) is 0 Å². The number of anilines is 3. The van der Waals surface area contributed by atoms with Gasteiger partial charge in [-0.05, 0) is 54.3 Å². The zero-order valence-corrected chi connectivity index (χ0v) is 30.8. The lowest BCUT2D eigenvalue weighted by atomic mass is 9.89. The van der Waals surface area contributed by atoms with E-state index in [1.807, 2.05) is 26.0 Å². The van der Waals surface area contributed by atoms with Crippen LogP contribution in [-0.2, 0) is 16.1 Å². The number of allylic oxidation sites excluding steroid dienone is 1. The first kappa shape index (κ1) is 38.7. The zero-order chi connectivity index (χ0) is 37.4. The summed E-state index contributed by atoms with van der Waals surface area (Å²) in [5, 5.41) is 15.6. The van der Waals surface area contributed by atoms with E-state index in [2.05, 4.69) is 20.6 Å². The number of rotatable bonds is 15. The number of hydrogen-bond acceptors (Lipinski definition) is 11. The van der Waals surface area contributed by atoms with E-state index in [1.165, 1.54) is 36.1 Å². The van der Waals surface area contributed by atoms with Gasteiger partial charge in [0.1, 0.15) is 28.0 Å². The fourth-order valence-electron chi connectivity index (χ4n) is 5.13. The topological polar surface area (TPSA) is 144 Å². The Morgan fingerprint density at radius 1 is 1.06 bits per heavy atom. The van der Waals surface area contributed by atoms with Crippen LogP contribution < -0.4 is 30.6 Å². The molecule has 0 bridgehead atoms. The van der Waals surface area contributed by atoms with Crippen molar-refractivity contribution in [3.63, 3.8) is 0 Å². The fourth-order valence-corrected chi connectivity index (χ4v) is 5.48. The van der Waals surface area contributed by atoms with Gasteiger partial charge in [0, 0.05) is 31.6 Å². The molecule has 270 valence electrons. The number of methoxy groups -OCH3 is 2. The molecule has 3 N–H and O–H groups in total. The molecule has 15 heteroatoms. The number of hydrogen-bond donors (Lipinski definition) is 3. The molecule has 0 fully saturated rings. The lowest BCUT2D eigenvalue weighted by Gasteiger charge is -2.29. The normalized spacial score (nSPS) is 12.1. The molecule has 4 aromatic rings. The molecule has 4 rings (SSSR count). The van der Waals surface area contributed by atoms with Crippen molar-refractivity contribution in [1.29, 1.82) is 5.41 Å². The molecule has 0 radical (unpaired) electrons. The van der Waals surface area contributed by atoms with E-state index in [4.69, 9.17) is 37.4 Å². The molecule has 0 aliphatic rings. The number of aromatic nitrogens is 3. The highest BCUT2D eigenvalue weighted by Gasteiger charge is 2.31. The van der Waals surface area contributed by atoms with Gasteiger partial charge in [-0.25, -0.2) is 14.2 Å². The lowest BCUT2D eigenvalue weighted by molar-refractivity contribution is -0.135. The highest BCUT2D eigenvalue weighted by molar-refractivity contribution is 6.42. The molecule has 0 aliphatic heterocycles. The minimum Gasteiger partial charge on any atom is -0.497 e. The summed E-state index contributed by atoms with van der Waals surface area (Å²) < 4.78 is 32.7. The van der Waals surface area contributed by atoms with Crippen molar-refractivity contribution in [2.24, 2.45) is 5.92 Å². The predicted molar refractivity (Wildman–Crippen MR) is 198 cm³/mol. The second kappa shape index (κ2) is 17.2. The van der Waals surface area contributed by atoms with Crippen LogP contribution in [0.25, 0.3) is 0 Å². The molecular weight excluding hydrogens is 700 g/mol. The van der Waals surface area contributed by atoms with Gasteiger partial charge in [-0.3, -0.25) is 10.2 Å². The molecule has 2 aromatic carbocycles. The standard InChI is InChI=1S/C36H40Cl2FN7O5/c1-8-51-35(48)30(40)29(31(20(2)3)43-28-17-41-36(45(4)5)44-33(28)50-7)32(22-11-14-25(37)27(39)15-22)42-23-16-26(38)34(47)46(19-23)18-21-9-12-24(49-6)13-10-21/h9-17,19-20,32,40,42-43H,8,18H2,1-7H3/b31-29+,40-30?. The van der Waals surface area contributed by atoms with Gasteiger partial charge in [0.05, 0.1) is 50.3 Å². The monoisotopic (exact) mass is 739 g/mol. The molecule has 12 nitrogen and oxygen atoms in total. The second-order valence-corrected chi connectivity index (χ2v) is 12.6. The van der Waals surface area contributed by atoms with Gasteiger partial charge < -0.3 is 34.3 Å². The molecule has 0 amide bonds. The number of ether oxygens (including phenoxy) is 3. The van der Waals surface area contributed by atoms with Crippen molar-refractivity contribution in [2.45, 2.75) is 33.4 Å². The van der Waals surface area contributed by atoms with Crippen molar-refractivity contribution in [3.05, 3.63) is 110 Å². The first-order chi connectivity index (χ1) is 24.3. The van der Waals surface area contributed by atoms with Gasteiger partial charge in [-0.2, -0.15) is 4.98 Å². The summed E-state index contributed by atoms with van der Waals surface area (Å²) in [6.07, 6.45) is 3.08. The van der Waals surface area contributed by atoms with Crippen LogP contribution in [0.1, 0.15) is 37.9 Å². The predicted octanol–water partition coefficient (Wildman–Crippen LogP) is 6.97. The van der Waals surface area contributed by atoms with Crippen molar-refractivity contribution in [3.8, 4) is 11.6 Å². The van der Waals surface area contributed by atoms with Crippen LogP contribution in [0.5, 0.6) is 11.6 Å². The Balaban J connectivity index is 1.96. The summed E-state index contributed by atoms with van der Waals surface area (Å²) >= 11 is 12.6.